The summed E-state index contributed by atoms with van der Waals surface area (Å²) in [5.41, 5.74) is 0. The van der Waals surface area contributed by atoms with E-state index >= 15 is 0 Å². The van der Waals surface area contributed by atoms with Gasteiger partial charge in [-0.05, 0) is 19.3 Å². The van der Waals surface area contributed by atoms with Crippen molar-refractivity contribution in [1.82, 2.24) is 5.32 Å². The molecule has 108 valence electrons. The van der Waals surface area contributed by atoms with E-state index in [9.17, 15) is 4.79 Å². The smallest absolute Gasteiger partial charge is 0.220 e. The first-order valence-electron chi connectivity index (χ1n) is 7.59. The van der Waals surface area contributed by atoms with Crippen LogP contribution in [0.1, 0.15) is 78.1 Å². The van der Waals surface area contributed by atoms with E-state index in [4.69, 9.17) is 11.6 Å². The van der Waals surface area contributed by atoms with Gasteiger partial charge in [0, 0.05) is 18.3 Å². The van der Waals surface area contributed by atoms with Gasteiger partial charge in [0.1, 0.15) is 0 Å². The highest BCUT2D eigenvalue weighted by atomic mass is 35.5. The first-order valence-corrected chi connectivity index (χ1v) is 8.13. The van der Waals surface area contributed by atoms with E-state index in [0.29, 0.717) is 12.3 Å². The average Bonchev–Trinajstić information content (AvgIpc) is 2.37. The highest BCUT2D eigenvalue weighted by Gasteiger charge is 2.08. The Hall–Kier alpha value is -0.240. The summed E-state index contributed by atoms with van der Waals surface area (Å²) in [6.07, 6.45) is 11.3. The molecule has 1 unspecified atom stereocenters. The van der Waals surface area contributed by atoms with Gasteiger partial charge in [0.05, 0.1) is 0 Å². The number of nitrogens with one attached hydrogen (secondary N) is 1. The van der Waals surface area contributed by atoms with Gasteiger partial charge in [0.15, 0.2) is 0 Å². The summed E-state index contributed by atoms with van der Waals surface area (Å²) in [6.45, 7) is 4.32. The van der Waals surface area contributed by atoms with Crippen LogP contribution < -0.4 is 5.32 Å². The minimum absolute atomic E-state index is 0.195. The molecule has 0 spiro atoms. The predicted molar refractivity (Wildman–Crippen MR) is 80.2 cm³/mol. The Bertz CT molecular complexity index is 197. The van der Waals surface area contributed by atoms with Gasteiger partial charge < -0.3 is 5.32 Å². The summed E-state index contributed by atoms with van der Waals surface area (Å²) in [7, 11) is 0. The van der Waals surface area contributed by atoms with E-state index in [-0.39, 0.29) is 11.9 Å². The highest BCUT2D eigenvalue weighted by Crippen LogP contribution is 2.08. The lowest BCUT2D eigenvalue weighted by molar-refractivity contribution is -0.121. The van der Waals surface area contributed by atoms with Crippen molar-refractivity contribution >= 4 is 17.5 Å². The van der Waals surface area contributed by atoms with Crippen LogP contribution in [-0.4, -0.2) is 17.8 Å². The summed E-state index contributed by atoms with van der Waals surface area (Å²) in [6, 6.07) is 0.263. The first kappa shape index (κ1) is 17.8. The molecule has 1 atom stereocenters. The normalized spacial score (nSPS) is 12.4. The third-order valence-corrected chi connectivity index (χ3v) is 3.54. The Morgan fingerprint density at radius 3 is 2.22 bits per heavy atom. The fourth-order valence-corrected chi connectivity index (χ4v) is 2.32. The molecule has 0 rings (SSSR count). The molecule has 0 saturated carbocycles. The second kappa shape index (κ2) is 13.2. The third kappa shape index (κ3) is 10.9. The van der Waals surface area contributed by atoms with Crippen molar-refractivity contribution in [3.63, 3.8) is 0 Å². The van der Waals surface area contributed by atoms with Crippen LogP contribution in [0.3, 0.4) is 0 Å². The lowest BCUT2D eigenvalue weighted by Gasteiger charge is -2.15. The maximum atomic E-state index is 11.7. The highest BCUT2D eigenvalue weighted by molar-refractivity contribution is 6.17. The van der Waals surface area contributed by atoms with Crippen molar-refractivity contribution in [2.45, 2.75) is 84.1 Å². The van der Waals surface area contributed by atoms with Crippen molar-refractivity contribution in [2.24, 2.45) is 0 Å². The molecule has 1 amide bonds. The number of hydrogen-bond acceptors (Lipinski definition) is 1. The van der Waals surface area contributed by atoms with Crippen molar-refractivity contribution in [2.75, 3.05) is 5.88 Å². The molecule has 2 nitrogen and oxygen atoms in total. The maximum absolute atomic E-state index is 11.7. The Labute approximate surface area is 118 Å². The fraction of sp³-hybridized carbons (Fsp3) is 0.933. The van der Waals surface area contributed by atoms with Crippen LogP contribution in [-0.2, 0) is 4.79 Å². The Kier molecular flexibility index (Phi) is 13.0. The summed E-state index contributed by atoms with van der Waals surface area (Å²) in [4.78, 5) is 11.7. The molecule has 0 aliphatic carbocycles. The number of amides is 1. The van der Waals surface area contributed by atoms with Crippen LogP contribution in [0.25, 0.3) is 0 Å². The minimum Gasteiger partial charge on any atom is -0.353 e. The standard InChI is InChI=1S/C15H30ClNO/c1-3-5-6-7-8-9-10-11-15(18)17-14(4-2)12-13-16/h14H,3-13H2,1-2H3,(H,17,18). The minimum atomic E-state index is 0.195. The first-order chi connectivity index (χ1) is 8.74. The van der Waals surface area contributed by atoms with E-state index in [2.05, 4.69) is 19.2 Å². The van der Waals surface area contributed by atoms with Crippen LogP contribution in [0.5, 0.6) is 0 Å². The van der Waals surface area contributed by atoms with Crippen molar-refractivity contribution in [3.8, 4) is 0 Å². The lowest BCUT2D eigenvalue weighted by atomic mass is 10.1. The van der Waals surface area contributed by atoms with Gasteiger partial charge in [-0.3, -0.25) is 4.79 Å². The molecule has 0 aliphatic heterocycles. The molecule has 1 N–H and O–H groups in total. The molecule has 3 heteroatoms. The molecule has 0 aromatic heterocycles. The van der Waals surface area contributed by atoms with Crippen LogP contribution in [0.4, 0.5) is 0 Å². The largest absolute Gasteiger partial charge is 0.353 e. The van der Waals surface area contributed by atoms with E-state index in [1.54, 1.807) is 0 Å². The number of carbonyl (C=O) groups is 1. The number of halogens is 1. The molecule has 0 heterocycles. The van der Waals surface area contributed by atoms with Crippen molar-refractivity contribution < 1.29 is 4.79 Å². The van der Waals surface area contributed by atoms with Crippen molar-refractivity contribution in [3.05, 3.63) is 0 Å². The second-order valence-corrected chi connectivity index (χ2v) is 5.40. The number of alkyl halides is 1. The van der Waals surface area contributed by atoms with E-state index in [1.807, 2.05) is 0 Å². The number of carbonyl (C=O) groups excluding carboxylic acids is 1. The zero-order valence-corrected chi connectivity index (χ0v) is 12.9. The number of hydrogen-bond donors (Lipinski definition) is 1. The molecule has 0 bridgehead atoms. The van der Waals surface area contributed by atoms with E-state index in [0.717, 1.165) is 19.3 Å². The molecule has 0 aliphatic rings. The van der Waals surface area contributed by atoms with Crippen LogP contribution >= 0.6 is 11.6 Å². The third-order valence-electron chi connectivity index (χ3n) is 3.32. The van der Waals surface area contributed by atoms with E-state index in [1.165, 1.54) is 38.5 Å². The average molecular weight is 276 g/mol. The maximum Gasteiger partial charge on any atom is 0.220 e. The molecule has 0 saturated heterocycles. The number of rotatable bonds is 12. The van der Waals surface area contributed by atoms with Crippen molar-refractivity contribution in [1.29, 1.82) is 0 Å². The summed E-state index contributed by atoms with van der Waals surface area (Å²) in [5, 5.41) is 3.06. The molecule has 0 aromatic carbocycles. The topological polar surface area (TPSA) is 29.1 Å². The zero-order chi connectivity index (χ0) is 13.6. The van der Waals surface area contributed by atoms with Crippen LogP contribution in [0.2, 0.25) is 0 Å². The molecule has 0 radical (unpaired) electrons. The van der Waals surface area contributed by atoms with Gasteiger partial charge in [-0.15, -0.1) is 11.6 Å². The van der Waals surface area contributed by atoms with Crippen LogP contribution in [0, 0.1) is 0 Å². The lowest BCUT2D eigenvalue weighted by Crippen LogP contribution is -2.34. The Morgan fingerprint density at radius 2 is 1.67 bits per heavy atom. The Balaban J connectivity index is 3.41. The molecule has 0 aromatic rings. The van der Waals surface area contributed by atoms with Crippen LogP contribution in [0.15, 0.2) is 0 Å². The van der Waals surface area contributed by atoms with Gasteiger partial charge >= 0.3 is 0 Å². The summed E-state index contributed by atoms with van der Waals surface area (Å²) < 4.78 is 0. The number of unbranched alkanes of at least 4 members (excludes halogenated alkanes) is 6. The van der Waals surface area contributed by atoms with Gasteiger partial charge in [0.25, 0.3) is 0 Å². The van der Waals surface area contributed by atoms with Gasteiger partial charge in [0.2, 0.25) is 5.91 Å². The molecular weight excluding hydrogens is 246 g/mol. The van der Waals surface area contributed by atoms with Gasteiger partial charge in [-0.25, -0.2) is 0 Å². The second-order valence-electron chi connectivity index (χ2n) is 5.02. The van der Waals surface area contributed by atoms with Gasteiger partial charge in [-0.2, -0.15) is 0 Å². The predicted octanol–water partition coefficient (Wildman–Crippen LogP) is 4.65. The SMILES string of the molecule is CCCCCCCCCC(=O)NC(CC)CCCl. The van der Waals surface area contributed by atoms with Gasteiger partial charge in [-0.1, -0.05) is 52.4 Å². The summed E-state index contributed by atoms with van der Waals surface area (Å²) >= 11 is 5.69. The summed E-state index contributed by atoms with van der Waals surface area (Å²) in [5.74, 6) is 0.816. The fourth-order valence-electron chi connectivity index (χ4n) is 2.05. The quantitative estimate of drug-likeness (QED) is 0.408. The molecular formula is C15H30ClNO. The molecule has 0 fully saturated rings. The zero-order valence-electron chi connectivity index (χ0n) is 12.1. The molecule has 18 heavy (non-hydrogen) atoms. The monoisotopic (exact) mass is 275 g/mol. The Morgan fingerprint density at radius 1 is 1.06 bits per heavy atom. The van der Waals surface area contributed by atoms with E-state index < -0.39 is 0 Å².